The van der Waals surface area contributed by atoms with Crippen molar-refractivity contribution in [1.29, 1.82) is 0 Å². The fraction of sp³-hybridized carbons (Fsp3) is 0.250. The van der Waals surface area contributed by atoms with E-state index >= 15 is 0 Å². The summed E-state index contributed by atoms with van der Waals surface area (Å²) in [6, 6.07) is 8.17. The molecule has 0 radical (unpaired) electrons. The lowest BCUT2D eigenvalue weighted by molar-refractivity contribution is 0.493. The van der Waals surface area contributed by atoms with Crippen LogP contribution in [0.3, 0.4) is 0 Å². The third-order valence-corrected chi connectivity index (χ3v) is 3.46. The number of alkyl halides is 1. The van der Waals surface area contributed by atoms with Crippen molar-refractivity contribution in [1.82, 2.24) is 9.97 Å². The van der Waals surface area contributed by atoms with Gasteiger partial charge in [0.1, 0.15) is 12.0 Å². The normalized spacial score (nSPS) is 11.0. The lowest BCUT2D eigenvalue weighted by atomic mass is 10.1. The van der Waals surface area contributed by atoms with Gasteiger partial charge < -0.3 is 8.83 Å². The van der Waals surface area contributed by atoms with Crippen LogP contribution in [0, 0.1) is 6.92 Å². The van der Waals surface area contributed by atoms with Crippen LogP contribution >= 0.6 is 11.6 Å². The van der Waals surface area contributed by atoms with E-state index in [1.54, 1.807) is 12.5 Å². The Hall–Kier alpha value is -2.07. The molecule has 5 heteroatoms. The summed E-state index contributed by atoms with van der Waals surface area (Å²) in [4.78, 5) is 8.51. The van der Waals surface area contributed by atoms with Crippen LogP contribution in [0.1, 0.15) is 22.9 Å². The van der Waals surface area contributed by atoms with E-state index in [1.807, 2.05) is 19.1 Å². The van der Waals surface area contributed by atoms with Gasteiger partial charge in [-0.15, -0.1) is 11.6 Å². The van der Waals surface area contributed by atoms with Crippen molar-refractivity contribution in [3.63, 3.8) is 0 Å². The topological polar surface area (TPSA) is 52.1 Å². The van der Waals surface area contributed by atoms with Gasteiger partial charge >= 0.3 is 0 Å². The maximum absolute atomic E-state index is 5.70. The van der Waals surface area contributed by atoms with Gasteiger partial charge in [0.2, 0.25) is 5.89 Å². The van der Waals surface area contributed by atoms with E-state index in [0.29, 0.717) is 11.8 Å². The molecule has 0 amide bonds. The lowest BCUT2D eigenvalue weighted by Crippen LogP contribution is -1.92. The minimum Gasteiger partial charge on any atom is -0.449 e. The Morgan fingerprint density at radius 1 is 1.14 bits per heavy atom. The molecule has 21 heavy (non-hydrogen) atoms. The fourth-order valence-electron chi connectivity index (χ4n) is 2.08. The van der Waals surface area contributed by atoms with Gasteiger partial charge in [0.05, 0.1) is 17.8 Å². The molecule has 3 rings (SSSR count). The van der Waals surface area contributed by atoms with Crippen molar-refractivity contribution in [3.8, 4) is 11.5 Å². The second-order valence-electron chi connectivity index (χ2n) is 4.84. The number of aromatic nitrogens is 2. The molecule has 0 spiro atoms. The molecule has 0 aliphatic rings. The van der Waals surface area contributed by atoms with E-state index in [2.05, 4.69) is 22.1 Å². The van der Waals surface area contributed by atoms with Crippen molar-refractivity contribution < 1.29 is 8.83 Å². The van der Waals surface area contributed by atoms with Gasteiger partial charge in [-0.05, 0) is 31.0 Å². The fourth-order valence-corrected chi connectivity index (χ4v) is 2.20. The minimum absolute atomic E-state index is 0.383. The lowest BCUT2D eigenvalue weighted by Gasteiger charge is -2.00. The molecule has 0 aliphatic carbocycles. The summed E-state index contributed by atoms with van der Waals surface area (Å²) in [6.45, 7) is 1.89. The van der Waals surface area contributed by atoms with E-state index in [-0.39, 0.29) is 0 Å². The van der Waals surface area contributed by atoms with Crippen LogP contribution in [0.4, 0.5) is 0 Å². The van der Waals surface area contributed by atoms with Gasteiger partial charge in [-0.1, -0.05) is 12.1 Å². The molecular formula is C16H15ClN2O2. The third kappa shape index (κ3) is 3.34. The molecule has 0 saturated heterocycles. The monoisotopic (exact) mass is 302 g/mol. The van der Waals surface area contributed by atoms with Gasteiger partial charge in [-0.2, -0.15) is 0 Å². The first kappa shape index (κ1) is 13.9. The Balaban J connectivity index is 1.64. The molecule has 0 saturated carbocycles. The van der Waals surface area contributed by atoms with E-state index in [1.165, 1.54) is 5.56 Å². The zero-order chi connectivity index (χ0) is 14.7. The molecule has 2 heterocycles. The number of hydrogen-bond acceptors (Lipinski definition) is 4. The SMILES string of the molecule is Cc1cnc(-c2ccc(CCc3nc(CCl)co3)cc2)o1. The van der Waals surface area contributed by atoms with Crippen LogP contribution < -0.4 is 0 Å². The second-order valence-corrected chi connectivity index (χ2v) is 5.11. The van der Waals surface area contributed by atoms with E-state index in [0.717, 1.165) is 35.7 Å². The number of aryl methyl sites for hydroxylation is 3. The quantitative estimate of drug-likeness (QED) is 0.664. The highest BCUT2D eigenvalue weighted by molar-refractivity contribution is 6.16. The Labute approximate surface area is 127 Å². The standard InChI is InChI=1S/C16H15ClN2O2/c1-11-9-18-16(21-11)13-5-2-12(3-6-13)4-7-15-19-14(8-17)10-20-15/h2-3,5-6,9-10H,4,7-8H2,1H3. The molecule has 0 N–H and O–H groups in total. The average Bonchev–Trinajstić information content (AvgIpc) is 3.14. The van der Waals surface area contributed by atoms with Gasteiger partial charge in [0.15, 0.2) is 5.89 Å². The van der Waals surface area contributed by atoms with Crippen molar-refractivity contribution in [2.45, 2.75) is 25.6 Å². The van der Waals surface area contributed by atoms with E-state index in [4.69, 9.17) is 20.4 Å². The third-order valence-electron chi connectivity index (χ3n) is 3.19. The highest BCUT2D eigenvalue weighted by atomic mass is 35.5. The molecule has 1 aromatic carbocycles. The summed E-state index contributed by atoms with van der Waals surface area (Å²) in [5.74, 6) is 2.57. The Morgan fingerprint density at radius 2 is 1.95 bits per heavy atom. The van der Waals surface area contributed by atoms with E-state index in [9.17, 15) is 0 Å². The van der Waals surface area contributed by atoms with Gasteiger partial charge in [-0.3, -0.25) is 0 Å². The Kier molecular flexibility index (Phi) is 4.06. The summed E-state index contributed by atoms with van der Waals surface area (Å²) in [5.41, 5.74) is 2.97. The largest absolute Gasteiger partial charge is 0.449 e. The summed E-state index contributed by atoms with van der Waals surface area (Å²) < 4.78 is 10.9. The van der Waals surface area contributed by atoms with Crippen LogP contribution in [0.2, 0.25) is 0 Å². The van der Waals surface area contributed by atoms with Gasteiger partial charge in [0, 0.05) is 12.0 Å². The highest BCUT2D eigenvalue weighted by Crippen LogP contribution is 2.20. The number of benzene rings is 1. The highest BCUT2D eigenvalue weighted by Gasteiger charge is 2.06. The molecule has 0 unspecified atom stereocenters. The molecule has 4 nitrogen and oxygen atoms in total. The molecule has 0 bridgehead atoms. The summed E-state index contributed by atoms with van der Waals surface area (Å²) in [7, 11) is 0. The van der Waals surface area contributed by atoms with E-state index < -0.39 is 0 Å². The number of halogens is 1. The molecule has 0 aliphatic heterocycles. The average molecular weight is 303 g/mol. The van der Waals surface area contributed by atoms with Crippen LogP contribution in [-0.2, 0) is 18.7 Å². The van der Waals surface area contributed by atoms with Crippen LogP contribution in [0.5, 0.6) is 0 Å². The van der Waals surface area contributed by atoms with Crippen molar-refractivity contribution in [2.75, 3.05) is 0 Å². The predicted octanol–water partition coefficient (Wildman–Crippen LogP) is 4.16. The zero-order valence-electron chi connectivity index (χ0n) is 11.7. The van der Waals surface area contributed by atoms with Crippen LogP contribution in [0.15, 0.2) is 45.6 Å². The van der Waals surface area contributed by atoms with Gasteiger partial charge in [-0.25, -0.2) is 9.97 Å². The van der Waals surface area contributed by atoms with Crippen LogP contribution in [0.25, 0.3) is 11.5 Å². The molecular weight excluding hydrogens is 288 g/mol. The van der Waals surface area contributed by atoms with Gasteiger partial charge in [0.25, 0.3) is 0 Å². The van der Waals surface area contributed by atoms with Crippen LogP contribution in [-0.4, -0.2) is 9.97 Å². The minimum atomic E-state index is 0.383. The summed E-state index contributed by atoms with van der Waals surface area (Å²) in [5, 5.41) is 0. The first-order chi connectivity index (χ1) is 10.2. The maximum atomic E-state index is 5.70. The molecule has 0 fully saturated rings. The first-order valence-electron chi connectivity index (χ1n) is 6.75. The smallest absolute Gasteiger partial charge is 0.226 e. The Morgan fingerprint density at radius 3 is 2.57 bits per heavy atom. The number of hydrogen-bond donors (Lipinski definition) is 0. The molecule has 0 atom stereocenters. The van der Waals surface area contributed by atoms with Crippen molar-refractivity contribution in [3.05, 3.63) is 59.6 Å². The van der Waals surface area contributed by atoms with Crippen molar-refractivity contribution >= 4 is 11.6 Å². The second kappa shape index (κ2) is 6.14. The zero-order valence-corrected chi connectivity index (χ0v) is 12.4. The number of rotatable bonds is 5. The van der Waals surface area contributed by atoms with Crippen molar-refractivity contribution in [2.24, 2.45) is 0 Å². The summed E-state index contributed by atoms with van der Waals surface area (Å²) in [6.07, 6.45) is 4.96. The summed E-state index contributed by atoms with van der Waals surface area (Å²) >= 11 is 5.70. The molecule has 3 aromatic rings. The first-order valence-corrected chi connectivity index (χ1v) is 7.29. The Bertz CT molecular complexity index is 716. The number of nitrogens with zero attached hydrogens (tertiary/aromatic N) is 2. The predicted molar refractivity (Wildman–Crippen MR) is 80.1 cm³/mol. The maximum Gasteiger partial charge on any atom is 0.226 e. The number of oxazole rings is 2. The molecule has 108 valence electrons. The molecule has 2 aromatic heterocycles.